The summed E-state index contributed by atoms with van der Waals surface area (Å²) in [5, 5.41) is 0. The highest BCUT2D eigenvalue weighted by Crippen LogP contribution is 2.16. The average molecular weight is 355 g/mol. The van der Waals surface area contributed by atoms with Crippen molar-refractivity contribution in [3.8, 4) is 0 Å². The third-order valence-electron chi connectivity index (χ3n) is 3.33. The first-order valence-corrected chi connectivity index (χ1v) is 15.5. The van der Waals surface area contributed by atoms with Crippen LogP contribution >= 0.6 is 0 Å². The summed E-state index contributed by atoms with van der Waals surface area (Å²) >= 11 is 0. The van der Waals surface area contributed by atoms with Crippen LogP contribution in [0.1, 0.15) is 12.8 Å². The zero-order valence-electron chi connectivity index (χ0n) is 14.9. The minimum atomic E-state index is -2.42. The normalized spacial score (nSPS) is 13.1. The second kappa shape index (κ2) is 11.1. The van der Waals surface area contributed by atoms with Crippen molar-refractivity contribution in [3.05, 3.63) is 0 Å². The second-order valence-corrected chi connectivity index (χ2v) is 16.2. The summed E-state index contributed by atoms with van der Waals surface area (Å²) in [4.78, 5) is 0. The summed E-state index contributed by atoms with van der Waals surface area (Å²) in [6.45, 7) is 10.6. The second-order valence-electron chi connectivity index (χ2n) is 6.04. The maximum Gasteiger partial charge on any atom is 0.500 e. The van der Waals surface area contributed by atoms with Crippen molar-refractivity contribution in [1.82, 2.24) is 0 Å². The molecule has 0 aliphatic carbocycles. The van der Waals surface area contributed by atoms with E-state index in [0.717, 1.165) is 32.1 Å². The Labute approximate surface area is 134 Å². The van der Waals surface area contributed by atoms with E-state index < -0.39 is 26.2 Å². The Morgan fingerprint density at radius 3 is 1.71 bits per heavy atom. The first kappa shape index (κ1) is 21.5. The van der Waals surface area contributed by atoms with E-state index in [0.29, 0.717) is 0 Å². The predicted octanol–water partition coefficient (Wildman–Crippen LogP) is 2.87. The monoisotopic (exact) mass is 354 g/mol. The highest BCUT2D eigenvalue weighted by Gasteiger charge is 2.36. The van der Waals surface area contributed by atoms with Gasteiger partial charge in [-0.3, -0.25) is 0 Å². The average Bonchev–Trinajstić information content (AvgIpc) is 2.41. The Hall–Kier alpha value is 0.451. The first-order valence-electron chi connectivity index (χ1n) is 7.72. The van der Waals surface area contributed by atoms with E-state index in [2.05, 4.69) is 26.2 Å². The molecule has 0 fully saturated rings. The molecule has 0 aromatic carbocycles. The lowest BCUT2D eigenvalue weighted by Crippen LogP contribution is -2.42. The molecule has 0 atom stereocenters. The van der Waals surface area contributed by atoms with Crippen molar-refractivity contribution in [2.45, 2.75) is 51.1 Å². The highest BCUT2D eigenvalue weighted by atomic mass is 28.4. The third-order valence-corrected chi connectivity index (χ3v) is 12.2. The minimum absolute atomic E-state index is 0.729. The maximum atomic E-state index is 6.13. The summed E-state index contributed by atoms with van der Waals surface area (Å²) in [6.07, 6.45) is 1.99. The van der Waals surface area contributed by atoms with Crippen LogP contribution in [0.15, 0.2) is 0 Å². The number of rotatable bonds is 13. The Bertz CT molecular complexity index is 252. The largest absolute Gasteiger partial charge is 0.500 e. The quantitative estimate of drug-likeness (QED) is 0.376. The molecule has 0 radical (unpaired) electrons. The van der Waals surface area contributed by atoms with Gasteiger partial charge in [-0.1, -0.05) is 0 Å². The topological polar surface area (TPSA) is 46.2 Å². The molecular weight excluding hydrogens is 320 g/mol. The molecule has 0 heterocycles. The minimum Gasteiger partial charge on any atom is -0.458 e. The van der Waals surface area contributed by atoms with Crippen LogP contribution in [0, 0.1) is 0 Å². The van der Waals surface area contributed by atoms with E-state index in [-0.39, 0.29) is 0 Å². The molecule has 0 bridgehead atoms. The SMILES string of the molecule is CO[Si](CCCOCCC[Si](C)(C)O[SiH](C)C)(OC)OC. The molecule has 0 spiro atoms. The lowest BCUT2D eigenvalue weighted by molar-refractivity contribution is 0.107. The van der Waals surface area contributed by atoms with E-state index in [1.54, 1.807) is 21.3 Å². The van der Waals surface area contributed by atoms with Crippen LogP contribution in [0.25, 0.3) is 0 Å². The van der Waals surface area contributed by atoms with Gasteiger partial charge in [0.15, 0.2) is 17.4 Å². The molecule has 0 aliphatic heterocycles. The van der Waals surface area contributed by atoms with Crippen LogP contribution in [0.4, 0.5) is 0 Å². The van der Waals surface area contributed by atoms with Gasteiger partial charge in [0, 0.05) is 40.6 Å². The zero-order valence-corrected chi connectivity index (χ0v) is 18.0. The van der Waals surface area contributed by atoms with Gasteiger partial charge in [-0.25, -0.2) is 0 Å². The Morgan fingerprint density at radius 2 is 1.29 bits per heavy atom. The Kier molecular flexibility index (Phi) is 11.3. The number of ether oxygens (including phenoxy) is 1. The Balaban J connectivity index is 3.69. The van der Waals surface area contributed by atoms with Crippen LogP contribution in [0.3, 0.4) is 0 Å². The van der Waals surface area contributed by atoms with Crippen LogP contribution in [0.2, 0.25) is 38.3 Å². The van der Waals surface area contributed by atoms with Crippen molar-refractivity contribution in [3.63, 3.8) is 0 Å². The van der Waals surface area contributed by atoms with Gasteiger partial charge in [-0.15, -0.1) is 0 Å². The molecule has 0 saturated carbocycles. The smallest absolute Gasteiger partial charge is 0.458 e. The fraction of sp³-hybridized carbons (Fsp3) is 1.00. The molecule has 8 heteroatoms. The summed E-state index contributed by atoms with van der Waals surface area (Å²) in [6, 6.07) is 1.96. The van der Waals surface area contributed by atoms with E-state index in [4.69, 9.17) is 22.1 Å². The number of hydrogen-bond acceptors (Lipinski definition) is 5. The lowest BCUT2D eigenvalue weighted by atomic mass is 10.5. The lowest BCUT2D eigenvalue weighted by Gasteiger charge is -2.25. The van der Waals surface area contributed by atoms with E-state index in [9.17, 15) is 0 Å². The molecule has 0 rings (SSSR count). The summed E-state index contributed by atoms with van der Waals surface area (Å²) in [7, 11) is 0.142. The standard InChI is InChI=1S/C13H34O5Si3/c1-14-21(15-2,16-3)13-9-11-17-10-8-12-20(6,7)18-19(4)5/h19H,8-13H2,1-7H3. The van der Waals surface area contributed by atoms with Crippen LogP contribution in [-0.2, 0) is 22.1 Å². The van der Waals surface area contributed by atoms with Crippen molar-refractivity contribution in [2.24, 2.45) is 0 Å². The third kappa shape index (κ3) is 9.95. The molecule has 0 aromatic rings. The highest BCUT2D eigenvalue weighted by molar-refractivity contribution is 6.77. The van der Waals surface area contributed by atoms with Gasteiger partial charge in [0.1, 0.15) is 0 Å². The molecular formula is C13H34O5Si3. The summed E-state index contributed by atoms with van der Waals surface area (Å²) < 4.78 is 28.0. The molecule has 0 unspecified atom stereocenters. The van der Waals surface area contributed by atoms with Crippen molar-refractivity contribution in [2.75, 3.05) is 34.5 Å². The number of hydrogen-bond donors (Lipinski definition) is 0. The molecule has 0 saturated heterocycles. The predicted molar refractivity (Wildman–Crippen MR) is 93.9 cm³/mol. The van der Waals surface area contributed by atoms with Crippen molar-refractivity contribution >= 4 is 26.2 Å². The van der Waals surface area contributed by atoms with Gasteiger partial charge in [0.2, 0.25) is 0 Å². The molecule has 128 valence electrons. The van der Waals surface area contributed by atoms with E-state index in [1.165, 1.54) is 6.04 Å². The van der Waals surface area contributed by atoms with Crippen LogP contribution in [-0.4, -0.2) is 60.7 Å². The molecule has 5 nitrogen and oxygen atoms in total. The molecule has 0 amide bonds. The first-order chi connectivity index (χ1) is 9.81. The molecule has 0 aliphatic rings. The van der Waals surface area contributed by atoms with Gasteiger partial charge >= 0.3 is 8.80 Å². The van der Waals surface area contributed by atoms with Gasteiger partial charge in [-0.2, -0.15) is 0 Å². The fourth-order valence-corrected chi connectivity index (χ4v) is 10.6. The van der Waals surface area contributed by atoms with Crippen LogP contribution in [0.5, 0.6) is 0 Å². The van der Waals surface area contributed by atoms with Gasteiger partial charge in [0.05, 0.1) is 0 Å². The van der Waals surface area contributed by atoms with Crippen LogP contribution < -0.4 is 0 Å². The van der Waals surface area contributed by atoms with Crippen molar-refractivity contribution in [1.29, 1.82) is 0 Å². The van der Waals surface area contributed by atoms with Gasteiger partial charge < -0.3 is 22.1 Å². The zero-order chi connectivity index (χ0) is 16.4. The van der Waals surface area contributed by atoms with E-state index >= 15 is 0 Å². The van der Waals surface area contributed by atoms with Gasteiger partial charge in [-0.05, 0) is 45.1 Å². The Morgan fingerprint density at radius 1 is 0.810 bits per heavy atom. The summed E-state index contributed by atoms with van der Waals surface area (Å²) in [5.74, 6) is 0. The fourth-order valence-electron chi connectivity index (χ4n) is 2.35. The molecule has 0 aromatic heterocycles. The molecule has 0 N–H and O–H groups in total. The van der Waals surface area contributed by atoms with Gasteiger partial charge in [0.25, 0.3) is 0 Å². The summed E-state index contributed by atoms with van der Waals surface area (Å²) in [5.41, 5.74) is 0. The van der Waals surface area contributed by atoms with E-state index in [1.807, 2.05) is 0 Å². The molecule has 21 heavy (non-hydrogen) atoms. The van der Waals surface area contributed by atoms with Crippen molar-refractivity contribution < 1.29 is 22.1 Å². The maximum absolute atomic E-state index is 6.13.